The van der Waals surface area contributed by atoms with Gasteiger partial charge in [-0.15, -0.1) is 11.8 Å². The van der Waals surface area contributed by atoms with Gasteiger partial charge in [-0.05, 0) is 82.1 Å². The maximum absolute atomic E-state index is 14.6. The normalized spacial score (nSPS) is 29.0. The van der Waals surface area contributed by atoms with Gasteiger partial charge in [-0.25, -0.2) is 9.82 Å². The number of nitrogens with one attached hydrogen (secondary N) is 2. The summed E-state index contributed by atoms with van der Waals surface area (Å²) >= 11 is 1.45. The topological polar surface area (TPSA) is 136 Å². The summed E-state index contributed by atoms with van der Waals surface area (Å²) < 4.78 is 34.9. The van der Waals surface area contributed by atoms with Crippen molar-refractivity contribution < 1.29 is 33.0 Å². The number of cyclic esters (lactones) is 1. The summed E-state index contributed by atoms with van der Waals surface area (Å²) in [5.74, 6) is -0.575. The first-order valence-corrected chi connectivity index (χ1v) is 21.7. The molecular formula is C44H61FN6O6S. The Morgan fingerprint density at radius 1 is 1.26 bits per heavy atom. The van der Waals surface area contributed by atoms with Gasteiger partial charge in [-0.3, -0.25) is 29.4 Å². The third kappa shape index (κ3) is 9.00. The number of halogens is 1. The highest BCUT2D eigenvalue weighted by Gasteiger charge is 2.50. The van der Waals surface area contributed by atoms with E-state index in [-0.39, 0.29) is 49.0 Å². The van der Waals surface area contributed by atoms with E-state index in [1.807, 2.05) is 33.8 Å². The predicted molar refractivity (Wildman–Crippen MR) is 228 cm³/mol. The molecule has 2 amide bonds. The Labute approximate surface area is 346 Å². The van der Waals surface area contributed by atoms with Crippen molar-refractivity contribution in [2.24, 2.45) is 33.2 Å². The van der Waals surface area contributed by atoms with Gasteiger partial charge in [-0.2, -0.15) is 0 Å². The van der Waals surface area contributed by atoms with Crippen LogP contribution >= 0.6 is 11.8 Å². The number of methoxy groups -OCH3 is 1. The number of nitrogens with zero attached hydrogens (tertiary/aromatic N) is 4. The quantitative estimate of drug-likeness (QED) is 0.147. The van der Waals surface area contributed by atoms with Gasteiger partial charge in [0.2, 0.25) is 5.91 Å². The van der Waals surface area contributed by atoms with Crippen molar-refractivity contribution in [3.63, 3.8) is 0 Å². The van der Waals surface area contributed by atoms with Crippen molar-refractivity contribution in [2.75, 3.05) is 32.6 Å². The van der Waals surface area contributed by atoms with Gasteiger partial charge in [0.1, 0.15) is 29.4 Å². The number of carbonyl (C=O) groups is 3. The number of thioether (sulfide) groups is 1. The molecule has 1 aromatic carbocycles. The zero-order valence-corrected chi connectivity index (χ0v) is 36.3. The molecule has 14 heteroatoms. The largest absolute Gasteiger partial charge is 0.464 e. The fourth-order valence-electron chi connectivity index (χ4n) is 8.53. The highest BCUT2D eigenvalue weighted by Crippen LogP contribution is 2.46. The Balaban J connectivity index is 1.54. The first-order valence-electron chi connectivity index (χ1n) is 20.7. The van der Waals surface area contributed by atoms with E-state index in [0.717, 1.165) is 39.0 Å². The van der Waals surface area contributed by atoms with Gasteiger partial charge in [0, 0.05) is 60.0 Å². The number of benzene rings is 1. The number of amides is 2. The molecule has 0 spiro atoms. The number of hydrogen-bond acceptors (Lipinski definition) is 10. The van der Waals surface area contributed by atoms with E-state index in [1.54, 1.807) is 13.3 Å². The van der Waals surface area contributed by atoms with Crippen LogP contribution in [-0.4, -0.2) is 102 Å². The monoisotopic (exact) mass is 820 g/mol. The molecule has 3 aliphatic heterocycles. The molecule has 4 aliphatic rings. The number of carbonyl (C=O) groups excluding carboxylic acids is 3. The van der Waals surface area contributed by atoms with Crippen LogP contribution in [0.2, 0.25) is 0 Å². The fraction of sp³-hybridized carbons (Fsp3) is 0.614. The summed E-state index contributed by atoms with van der Waals surface area (Å²) in [7, 11) is 1.66. The van der Waals surface area contributed by atoms with Crippen molar-refractivity contribution in [1.82, 2.24) is 20.3 Å². The molecule has 1 aromatic heterocycles. The molecule has 1 aliphatic carbocycles. The van der Waals surface area contributed by atoms with Gasteiger partial charge in [0.05, 0.1) is 36.8 Å². The van der Waals surface area contributed by atoms with Gasteiger partial charge in [0.25, 0.3) is 5.91 Å². The number of alkyl halides is 1. The minimum atomic E-state index is -1.33. The molecule has 9 atom stereocenters. The van der Waals surface area contributed by atoms with Crippen molar-refractivity contribution in [3.05, 3.63) is 53.4 Å². The van der Waals surface area contributed by atoms with Gasteiger partial charge >= 0.3 is 5.97 Å². The van der Waals surface area contributed by atoms with E-state index < -0.39 is 41.7 Å². The summed E-state index contributed by atoms with van der Waals surface area (Å²) in [5, 5.41) is 5.95. The number of hydrogen-bond donors (Lipinski definition) is 2. The number of aliphatic imine (C=N–C) groups is 2. The average Bonchev–Trinajstić information content (AvgIpc) is 3.48. The van der Waals surface area contributed by atoms with E-state index in [4.69, 9.17) is 24.2 Å². The van der Waals surface area contributed by atoms with Crippen LogP contribution in [0.4, 0.5) is 4.39 Å². The molecule has 1 saturated carbocycles. The number of aryl methyl sites for hydroxylation is 1. The molecule has 12 nitrogen and oxygen atoms in total. The second-order valence-electron chi connectivity index (χ2n) is 16.9. The molecule has 1 saturated heterocycles. The molecule has 6 rings (SSSR count). The lowest BCUT2D eigenvalue weighted by Gasteiger charge is -2.37. The Morgan fingerprint density at radius 3 is 2.64 bits per heavy atom. The lowest BCUT2D eigenvalue weighted by molar-refractivity contribution is -0.156. The van der Waals surface area contributed by atoms with Gasteiger partial charge < -0.3 is 24.1 Å². The number of esters is 1. The smallest absolute Gasteiger partial charge is 0.324 e. The lowest BCUT2D eigenvalue weighted by Crippen LogP contribution is -2.63. The molecule has 1 unspecified atom stereocenters. The first-order chi connectivity index (χ1) is 27.6. The Bertz CT molecular complexity index is 1980. The van der Waals surface area contributed by atoms with E-state index in [1.165, 1.54) is 23.7 Å². The van der Waals surface area contributed by atoms with Crippen molar-refractivity contribution >= 4 is 57.3 Å². The standard InChI is InChI=1S/C44H61FN6O6S/c1-11-29(36(46-12-2)27(7)55-10)38-31-20-44(8,9)23-57-43(54)32-15-14-18-51(49-32)42(53)37(48-40(52)35-25(5)26(35)6)39(56-21-24(4)45)41-47-33(22-58-41)28-16-17-34(30(31)19-28)50(38)13-3/h11-12,16-17,19,24-27,32-33,35,37,39,49H,1,13-15,18,20-23H2,2-10H3,(H,48,52)/b36-29+,46-12-/t24-,25-,26+,27+,32+,33?,35+,37+,39+/m1/s1. The molecule has 316 valence electrons. The Kier molecular flexibility index (Phi) is 13.7. The van der Waals surface area contributed by atoms with Crippen LogP contribution in [0, 0.1) is 23.2 Å². The second kappa shape index (κ2) is 18.2. The van der Waals surface area contributed by atoms with Gasteiger partial charge in [-0.1, -0.05) is 46.4 Å². The highest BCUT2D eigenvalue weighted by atomic mass is 32.2. The molecule has 0 radical (unpaired) electrons. The molecule has 58 heavy (non-hydrogen) atoms. The van der Waals surface area contributed by atoms with Crippen LogP contribution in [-0.2, 0) is 41.6 Å². The summed E-state index contributed by atoms with van der Waals surface area (Å²) in [4.78, 5) is 52.1. The second-order valence-corrected chi connectivity index (χ2v) is 18.0. The molecule has 2 aromatic rings. The SMILES string of the molecule is C=C/C(=C(\N=C/C)[C@H](C)OC)c1c2c3cc(ccc3n1CC)C1CSC(=N1)[C@@H](OC[C@@H](C)F)[C@H](NC(=O)[C@H]1[C@H](C)[C@@H]1C)C(=O)N1CCC[C@H](N1)C(=O)OCC(C)(C)C2. The molecular weight excluding hydrogens is 760 g/mol. The number of rotatable bonds is 11. The van der Waals surface area contributed by atoms with Crippen molar-refractivity contribution in [2.45, 2.75) is 118 Å². The number of fused-ring (bicyclic) bond motifs is 5. The predicted octanol–water partition coefficient (Wildman–Crippen LogP) is 6.62. The summed E-state index contributed by atoms with van der Waals surface area (Å²) in [5.41, 5.74) is 8.24. The van der Waals surface area contributed by atoms with Crippen LogP contribution < -0.4 is 10.7 Å². The van der Waals surface area contributed by atoms with E-state index in [9.17, 15) is 18.8 Å². The minimum absolute atomic E-state index is 0.123. The number of allylic oxidation sites excluding steroid dienone is 2. The van der Waals surface area contributed by atoms with E-state index >= 15 is 0 Å². The zero-order valence-electron chi connectivity index (χ0n) is 35.5. The fourth-order valence-corrected chi connectivity index (χ4v) is 9.70. The van der Waals surface area contributed by atoms with Crippen LogP contribution in [0.1, 0.15) is 91.1 Å². The van der Waals surface area contributed by atoms with E-state index in [0.29, 0.717) is 43.1 Å². The lowest BCUT2D eigenvalue weighted by atomic mass is 9.84. The molecule has 2 fully saturated rings. The van der Waals surface area contributed by atoms with Crippen molar-refractivity contribution in [3.8, 4) is 0 Å². The minimum Gasteiger partial charge on any atom is -0.464 e. The van der Waals surface area contributed by atoms with Crippen LogP contribution in [0.15, 0.2) is 46.5 Å². The Morgan fingerprint density at radius 2 is 2.00 bits per heavy atom. The number of ether oxygens (including phenoxy) is 3. The third-order valence-corrected chi connectivity index (χ3v) is 13.2. The maximum Gasteiger partial charge on any atom is 0.324 e. The third-order valence-electron chi connectivity index (χ3n) is 12.0. The van der Waals surface area contributed by atoms with Crippen molar-refractivity contribution in [1.29, 1.82) is 0 Å². The number of hydrazine groups is 1. The average molecular weight is 821 g/mol. The molecule has 2 N–H and O–H groups in total. The first kappa shape index (κ1) is 43.7. The maximum atomic E-state index is 14.6. The van der Waals surface area contributed by atoms with Crippen LogP contribution in [0.3, 0.4) is 0 Å². The van der Waals surface area contributed by atoms with Crippen LogP contribution in [0.25, 0.3) is 16.5 Å². The Hall–Kier alpha value is -3.85. The molecule has 4 heterocycles. The number of aromatic nitrogens is 1. The summed E-state index contributed by atoms with van der Waals surface area (Å²) in [6, 6.07) is 4.08. The highest BCUT2D eigenvalue weighted by molar-refractivity contribution is 8.14. The van der Waals surface area contributed by atoms with Gasteiger partial charge in [0.15, 0.2) is 0 Å². The molecule has 6 bridgehead atoms. The summed E-state index contributed by atoms with van der Waals surface area (Å²) in [6.45, 7) is 20.6. The zero-order chi connectivity index (χ0) is 42.1. The van der Waals surface area contributed by atoms with Crippen LogP contribution in [0.5, 0.6) is 0 Å². The summed E-state index contributed by atoms with van der Waals surface area (Å²) in [6.07, 6.45) is 2.45. The van der Waals surface area contributed by atoms with E-state index in [2.05, 4.69) is 60.9 Å².